The Morgan fingerprint density at radius 3 is 2.79 bits per heavy atom. The lowest BCUT2D eigenvalue weighted by atomic mass is 10.2. The number of carbonyl (C=O) groups excluding carboxylic acids is 2. The van der Waals surface area contributed by atoms with Gasteiger partial charge < -0.3 is 14.4 Å². The maximum absolute atomic E-state index is 12.2. The van der Waals surface area contributed by atoms with Gasteiger partial charge in [0.1, 0.15) is 6.54 Å². The second-order valence-electron chi connectivity index (χ2n) is 5.37. The second kappa shape index (κ2) is 10.2. The molecular formula is C14H23N5O4S. The number of rotatable bonds is 8. The van der Waals surface area contributed by atoms with Crippen LogP contribution in [0.2, 0.25) is 0 Å². The third kappa shape index (κ3) is 6.08. The van der Waals surface area contributed by atoms with E-state index in [1.165, 1.54) is 4.68 Å². The van der Waals surface area contributed by atoms with Crippen LogP contribution >= 0.6 is 11.8 Å². The SMILES string of the molecule is CCCCCCOC(=O)Cn1nnnc1SC(=O)N1CCOCC1. The van der Waals surface area contributed by atoms with Gasteiger partial charge in [0.15, 0.2) is 0 Å². The van der Waals surface area contributed by atoms with Gasteiger partial charge in [-0.25, -0.2) is 4.68 Å². The summed E-state index contributed by atoms with van der Waals surface area (Å²) in [6.07, 6.45) is 4.17. The van der Waals surface area contributed by atoms with E-state index in [4.69, 9.17) is 9.47 Å². The van der Waals surface area contributed by atoms with E-state index in [0.29, 0.717) is 32.9 Å². The minimum atomic E-state index is -0.403. The third-order valence-electron chi connectivity index (χ3n) is 3.49. The lowest BCUT2D eigenvalue weighted by molar-refractivity contribution is -0.144. The van der Waals surface area contributed by atoms with Crippen molar-refractivity contribution < 1.29 is 19.1 Å². The number of nitrogens with zero attached hydrogens (tertiary/aromatic N) is 5. The lowest BCUT2D eigenvalue weighted by Gasteiger charge is -2.25. The zero-order valence-electron chi connectivity index (χ0n) is 13.8. The number of hydrogen-bond donors (Lipinski definition) is 0. The van der Waals surface area contributed by atoms with Gasteiger partial charge in [-0.2, -0.15) is 0 Å². The molecule has 2 rings (SSSR count). The molecule has 2 heterocycles. The quantitative estimate of drug-likeness (QED) is 0.390. The molecule has 0 N–H and O–H groups in total. The van der Waals surface area contributed by atoms with Crippen LogP contribution in [0.25, 0.3) is 0 Å². The van der Waals surface area contributed by atoms with Crippen molar-refractivity contribution in [2.75, 3.05) is 32.9 Å². The molecular weight excluding hydrogens is 334 g/mol. The number of ether oxygens (including phenoxy) is 2. The maximum atomic E-state index is 12.2. The smallest absolute Gasteiger partial charge is 0.327 e. The molecule has 0 saturated carbocycles. The summed E-state index contributed by atoms with van der Waals surface area (Å²) in [4.78, 5) is 25.7. The van der Waals surface area contributed by atoms with Crippen LogP contribution in [0, 0.1) is 0 Å². The lowest BCUT2D eigenvalue weighted by Crippen LogP contribution is -2.38. The standard InChI is InChI=1S/C14H23N5O4S/c1-2-3-4-5-8-23-12(20)11-19-13(15-16-17-19)24-14(21)18-6-9-22-10-7-18/h2-11H2,1H3. The number of thioether (sulfide) groups is 1. The second-order valence-corrected chi connectivity index (χ2v) is 6.29. The fourth-order valence-corrected chi connectivity index (χ4v) is 2.89. The first kappa shape index (κ1) is 18.7. The minimum Gasteiger partial charge on any atom is -0.464 e. The molecule has 1 saturated heterocycles. The number of amides is 1. The largest absolute Gasteiger partial charge is 0.464 e. The van der Waals surface area contributed by atoms with Crippen molar-refractivity contribution in [3.8, 4) is 0 Å². The minimum absolute atomic E-state index is 0.0977. The van der Waals surface area contributed by atoms with E-state index in [9.17, 15) is 9.59 Å². The van der Waals surface area contributed by atoms with E-state index < -0.39 is 5.97 Å². The number of morpholine rings is 1. The van der Waals surface area contributed by atoms with Crippen molar-refractivity contribution in [2.24, 2.45) is 0 Å². The maximum Gasteiger partial charge on any atom is 0.327 e. The van der Waals surface area contributed by atoms with Crippen LogP contribution in [0.4, 0.5) is 4.79 Å². The Morgan fingerprint density at radius 1 is 1.25 bits per heavy atom. The van der Waals surface area contributed by atoms with Crippen LogP contribution in [0.5, 0.6) is 0 Å². The summed E-state index contributed by atoms with van der Waals surface area (Å²) in [6, 6.07) is 0. The molecule has 0 aliphatic carbocycles. The summed E-state index contributed by atoms with van der Waals surface area (Å²) >= 11 is 0.911. The third-order valence-corrected chi connectivity index (χ3v) is 4.39. The summed E-state index contributed by atoms with van der Waals surface area (Å²) in [5.41, 5.74) is 0. The molecule has 1 amide bonds. The molecule has 0 bridgehead atoms. The Kier molecular flexibility index (Phi) is 7.96. The Bertz CT molecular complexity index is 533. The topological polar surface area (TPSA) is 99.4 Å². The van der Waals surface area contributed by atoms with Crippen LogP contribution in [0.3, 0.4) is 0 Å². The van der Waals surface area contributed by atoms with Crippen LogP contribution in [-0.2, 0) is 20.8 Å². The predicted octanol–water partition coefficient (Wildman–Crippen LogP) is 1.34. The van der Waals surface area contributed by atoms with Crippen LogP contribution in [0.15, 0.2) is 5.16 Å². The number of carbonyl (C=O) groups is 2. The highest BCUT2D eigenvalue weighted by atomic mass is 32.2. The average molecular weight is 357 g/mol. The number of aromatic nitrogens is 4. The first-order chi connectivity index (χ1) is 11.7. The molecule has 0 atom stereocenters. The Balaban J connectivity index is 1.77. The zero-order chi connectivity index (χ0) is 17.2. The number of tetrazole rings is 1. The van der Waals surface area contributed by atoms with E-state index in [0.717, 1.165) is 37.4 Å². The number of esters is 1. The molecule has 0 spiro atoms. The van der Waals surface area contributed by atoms with Gasteiger partial charge in [0, 0.05) is 24.9 Å². The van der Waals surface area contributed by atoms with Gasteiger partial charge in [-0.3, -0.25) is 9.59 Å². The van der Waals surface area contributed by atoms with Crippen LogP contribution in [-0.4, -0.2) is 69.2 Å². The predicted molar refractivity (Wildman–Crippen MR) is 86.6 cm³/mol. The first-order valence-electron chi connectivity index (χ1n) is 8.17. The van der Waals surface area contributed by atoms with Gasteiger partial charge in [-0.15, -0.1) is 5.10 Å². The summed E-state index contributed by atoms with van der Waals surface area (Å²) in [5, 5.41) is 11.2. The Hall–Kier alpha value is -1.68. The molecule has 0 aromatic carbocycles. The van der Waals surface area contributed by atoms with Gasteiger partial charge in [-0.1, -0.05) is 26.2 Å². The molecule has 1 aromatic heterocycles. The molecule has 1 fully saturated rings. The fourth-order valence-electron chi connectivity index (χ4n) is 2.14. The molecule has 0 unspecified atom stereocenters. The molecule has 1 aliphatic heterocycles. The molecule has 9 nitrogen and oxygen atoms in total. The average Bonchev–Trinajstić information content (AvgIpc) is 3.02. The Morgan fingerprint density at radius 2 is 2.04 bits per heavy atom. The first-order valence-corrected chi connectivity index (χ1v) is 8.98. The van der Waals surface area contributed by atoms with Gasteiger partial charge in [0.2, 0.25) is 5.16 Å². The molecule has 1 aromatic rings. The summed E-state index contributed by atoms with van der Waals surface area (Å²) in [6.45, 7) is 4.58. The summed E-state index contributed by atoms with van der Waals surface area (Å²) in [5.74, 6) is -0.403. The zero-order valence-corrected chi connectivity index (χ0v) is 14.7. The molecule has 24 heavy (non-hydrogen) atoms. The molecule has 134 valence electrons. The van der Waals surface area contributed by atoms with E-state index in [1.54, 1.807) is 4.90 Å². The van der Waals surface area contributed by atoms with Crippen molar-refractivity contribution in [1.29, 1.82) is 0 Å². The van der Waals surface area contributed by atoms with Gasteiger partial charge >= 0.3 is 5.97 Å². The molecule has 0 radical (unpaired) electrons. The Labute approximate surface area is 145 Å². The van der Waals surface area contributed by atoms with Crippen LogP contribution in [0.1, 0.15) is 32.6 Å². The van der Waals surface area contributed by atoms with Crippen molar-refractivity contribution >= 4 is 23.0 Å². The van der Waals surface area contributed by atoms with Gasteiger partial charge in [-0.05, 0) is 16.8 Å². The van der Waals surface area contributed by atoms with E-state index in [2.05, 4.69) is 22.4 Å². The number of hydrogen-bond acceptors (Lipinski definition) is 8. The summed E-state index contributed by atoms with van der Waals surface area (Å²) in [7, 11) is 0. The van der Waals surface area contributed by atoms with Gasteiger partial charge in [0.05, 0.1) is 19.8 Å². The highest BCUT2D eigenvalue weighted by Crippen LogP contribution is 2.19. The summed E-state index contributed by atoms with van der Waals surface area (Å²) < 4.78 is 11.7. The van der Waals surface area contributed by atoms with Gasteiger partial charge in [0.25, 0.3) is 5.24 Å². The van der Waals surface area contributed by atoms with Crippen molar-refractivity contribution in [2.45, 2.75) is 44.3 Å². The molecule has 1 aliphatic rings. The normalized spacial score (nSPS) is 14.6. The highest BCUT2D eigenvalue weighted by Gasteiger charge is 2.21. The van der Waals surface area contributed by atoms with Crippen molar-refractivity contribution in [3.63, 3.8) is 0 Å². The highest BCUT2D eigenvalue weighted by molar-refractivity contribution is 8.13. The number of unbranched alkanes of at least 4 members (excludes halogenated alkanes) is 3. The monoisotopic (exact) mass is 357 g/mol. The van der Waals surface area contributed by atoms with E-state index >= 15 is 0 Å². The van der Waals surface area contributed by atoms with Crippen molar-refractivity contribution in [1.82, 2.24) is 25.1 Å². The molecule has 10 heteroatoms. The van der Waals surface area contributed by atoms with E-state index in [1.807, 2.05) is 0 Å². The van der Waals surface area contributed by atoms with Crippen molar-refractivity contribution in [3.05, 3.63) is 0 Å². The van der Waals surface area contributed by atoms with Crippen LogP contribution < -0.4 is 0 Å². The fraction of sp³-hybridized carbons (Fsp3) is 0.786. The van der Waals surface area contributed by atoms with E-state index in [-0.39, 0.29) is 16.9 Å².